The summed E-state index contributed by atoms with van der Waals surface area (Å²) in [6, 6.07) is 18.0. The second-order valence-electron chi connectivity index (χ2n) is 11.0. The van der Waals surface area contributed by atoms with E-state index in [1.54, 1.807) is 4.90 Å². The zero-order chi connectivity index (χ0) is 26.5. The minimum Gasteiger partial charge on any atom is -0.341 e. The molecule has 3 aliphatic rings. The second-order valence-corrected chi connectivity index (χ2v) is 11.0. The summed E-state index contributed by atoms with van der Waals surface area (Å²) in [6.45, 7) is 5.32. The third kappa shape index (κ3) is 5.29. The van der Waals surface area contributed by atoms with E-state index in [1.807, 2.05) is 52.3 Å². The number of para-hydroxylation sites is 1. The first-order valence-corrected chi connectivity index (χ1v) is 14.3. The van der Waals surface area contributed by atoms with Gasteiger partial charge >= 0.3 is 0 Å². The molecule has 3 aliphatic heterocycles. The lowest BCUT2D eigenvalue weighted by Gasteiger charge is -2.43. The molecule has 3 heterocycles. The lowest BCUT2D eigenvalue weighted by Crippen LogP contribution is -2.57. The molecule has 0 N–H and O–H groups in total. The number of amides is 3. The zero-order valence-electron chi connectivity index (χ0n) is 22.6. The van der Waals surface area contributed by atoms with Crippen LogP contribution in [-0.4, -0.2) is 77.4 Å². The van der Waals surface area contributed by atoms with Crippen LogP contribution in [0.1, 0.15) is 67.8 Å². The number of nitrogens with zero attached hydrogens (tertiary/aromatic N) is 4. The van der Waals surface area contributed by atoms with Crippen LogP contribution in [0.5, 0.6) is 0 Å². The third-order valence-corrected chi connectivity index (χ3v) is 8.51. The van der Waals surface area contributed by atoms with Gasteiger partial charge in [-0.3, -0.25) is 14.4 Å². The Labute approximate surface area is 226 Å². The number of hydrogen-bond donors (Lipinski definition) is 0. The molecule has 2 aromatic carbocycles. The average molecular weight is 517 g/mol. The molecule has 0 aliphatic carbocycles. The van der Waals surface area contributed by atoms with E-state index < -0.39 is 5.54 Å². The van der Waals surface area contributed by atoms with Crippen molar-refractivity contribution < 1.29 is 14.4 Å². The molecule has 7 nitrogen and oxygen atoms in total. The predicted molar refractivity (Wildman–Crippen MR) is 149 cm³/mol. The van der Waals surface area contributed by atoms with E-state index in [0.29, 0.717) is 38.2 Å². The zero-order valence-corrected chi connectivity index (χ0v) is 22.6. The summed E-state index contributed by atoms with van der Waals surface area (Å²) < 4.78 is 0. The third-order valence-electron chi connectivity index (χ3n) is 8.51. The minimum absolute atomic E-state index is 0.0115. The number of rotatable bonds is 8. The highest BCUT2D eigenvalue weighted by molar-refractivity contribution is 5.97. The predicted octanol–water partition coefficient (Wildman–Crippen LogP) is 4.32. The molecule has 0 unspecified atom stereocenters. The molecule has 0 saturated carbocycles. The van der Waals surface area contributed by atoms with Crippen LogP contribution in [0.4, 0.5) is 5.69 Å². The maximum atomic E-state index is 13.9. The van der Waals surface area contributed by atoms with Crippen LogP contribution in [0.25, 0.3) is 0 Å². The monoisotopic (exact) mass is 516 g/mol. The van der Waals surface area contributed by atoms with Crippen molar-refractivity contribution in [3.05, 3.63) is 65.7 Å². The normalized spacial score (nSPS) is 19.0. The fourth-order valence-electron chi connectivity index (χ4n) is 6.21. The molecule has 3 saturated heterocycles. The van der Waals surface area contributed by atoms with Gasteiger partial charge in [-0.15, -0.1) is 0 Å². The molecule has 5 rings (SSSR count). The first kappa shape index (κ1) is 26.3. The van der Waals surface area contributed by atoms with Crippen LogP contribution in [0.15, 0.2) is 54.6 Å². The lowest BCUT2D eigenvalue weighted by atomic mass is 9.85. The fraction of sp³-hybridized carbons (Fsp3) is 0.516. The Morgan fingerprint density at radius 1 is 0.842 bits per heavy atom. The molecular weight excluding hydrogens is 476 g/mol. The van der Waals surface area contributed by atoms with Gasteiger partial charge in [-0.2, -0.15) is 0 Å². The van der Waals surface area contributed by atoms with Crippen molar-refractivity contribution in [1.82, 2.24) is 14.7 Å². The highest BCUT2D eigenvalue weighted by atomic mass is 16.2. The fourth-order valence-corrected chi connectivity index (χ4v) is 6.21. The van der Waals surface area contributed by atoms with Crippen LogP contribution < -0.4 is 4.90 Å². The van der Waals surface area contributed by atoms with Gasteiger partial charge in [0.05, 0.1) is 6.67 Å². The van der Waals surface area contributed by atoms with Crippen molar-refractivity contribution in [2.45, 2.75) is 63.8 Å². The number of aryl methyl sites for hydroxylation is 1. The molecule has 202 valence electrons. The van der Waals surface area contributed by atoms with Crippen molar-refractivity contribution in [3.63, 3.8) is 0 Å². The van der Waals surface area contributed by atoms with Crippen LogP contribution in [0.2, 0.25) is 0 Å². The van der Waals surface area contributed by atoms with Gasteiger partial charge in [0.1, 0.15) is 12.1 Å². The van der Waals surface area contributed by atoms with Crippen LogP contribution in [0.3, 0.4) is 0 Å². The van der Waals surface area contributed by atoms with Gasteiger partial charge < -0.3 is 19.6 Å². The summed E-state index contributed by atoms with van der Waals surface area (Å²) in [5.41, 5.74) is 2.23. The summed E-state index contributed by atoms with van der Waals surface area (Å²) >= 11 is 0. The van der Waals surface area contributed by atoms with E-state index in [1.165, 1.54) is 24.8 Å². The Kier molecular flexibility index (Phi) is 8.01. The molecule has 3 fully saturated rings. The highest BCUT2D eigenvalue weighted by Gasteiger charge is 2.54. The van der Waals surface area contributed by atoms with Crippen molar-refractivity contribution in [3.8, 4) is 0 Å². The van der Waals surface area contributed by atoms with E-state index >= 15 is 0 Å². The number of unbranched alkanes of at least 4 members (excludes halogenated alkanes) is 2. The number of benzene rings is 2. The Balaban J connectivity index is 1.28. The first-order chi connectivity index (χ1) is 18.5. The summed E-state index contributed by atoms with van der Waals surface area (Å²) in [4.78, 5) is 47.8. The summed E-state index contributed by atoms with van der Waals surface area (Å²) in [5, 5.41) is 0. The largest absolute Gasteiger partial charge is 0.341 e. The maximum absolute atomic E-state index is 13.9. The smallest absolute Gasteiger partial charge is 0.253 e. The van der Waals surface area contributed by atoms with E-state index in [2.05, 4.69) is 24.0 Å². The molecule has 0 radical (unpaired) electrons. The molecule has 1 spiro atoms. The Bertz CT molecular complexity index is 1120. The molecule has 7 heteroatoms. The van der Waals surface area contributed by atoms with Gasteiger partial charge in [-0.05, 0) is 68.4 Å². The molecule has 0 aromatic heterocycles. The van der Waals surface area contributed by atoms with Crippen molar-refractivity contribution in [2.24, 2.45) is 0 Å². The van der Waals surface area contributed by atoms with Crippen molar-refractivity contribution in [2.75, 3.05) is 44.3 Å². The molecule has 38 heavy (non-hydrogen) atoms. The highest BCUT2D eigenvalue weighted by Crippen LogP contribution is 2.39. The second kappa shape index (κ2) is 11.6. The number of carbonyl (C=O) groups is 3. The summed E-state index contributed by atoms with van der Waals surface area (Å²) in [5.74, 6) is 0.0711. The molecule has 3 amide bonds. The van der Waals surface area contributed by atoms with Crippen LogP contribution >= 0.6 is 0 Å². The van der Waals surface area contributed by atoms with Crippen molar-refractivity contribution >= 4 is 23.4 Å². The standard InChI is InChI=1S/C31H40N4O3/c1-2-3-5-10-25-13-15-26(16-14-25)29(37)33-21-17-31(18-22-33)30(38)34(23-28(36)32-19-8-9-20-32)24-35(31)27-11-6-4-7-12-27/h4,6-7,11-16H,2-3,5,8-10,17-24H2,1H3. The first-order valence-electron chi connectivity index (χ1n) is 14.3. The number of piperidine rings is 1. The van der Waals surface area contributed by atoms with Gasteiger partial charge in [-0.25, -0.2) is 0 Å². The number of likely N-dealkylation sites (tertiary alicyclic amines) is 2. The SMILES string of the molecule is CCCCCc1ccc(C(=O)N2CCC3(CC2)C(=O)N(CC(=O)N2CCCC2)CN3c2ccccc2)cc1. The maximum Gasteiger partial charge on any atom is 0.253 e. The minimum atomic E-state index is -0.730. The molecule has 2 aromatic rings. The van der Waals surface area contributed by atoms with E-state index in [0.717, 1.165) is 38.0 Å². The van der Waals surface area contributed by atoms with E-state index in [9.17, 15) is 14.4 Å². The van der Waals surface area contributed by atoms with Gasteiger partial charge in [0, 0.05) is 37.4 Å². The number of hydrogen-bond acceptors (Lipinski definition) is 4. The summed E-state index contributed by atoms with van der Waals surface area (Å²) in [6.07, 6.45) is 7.80. The summed E-state index contributed by atoms with van der Waals surface area (Å²) in [7, 11) is 0. The Hall–Kier alpha value is -3.35. The Morgan fingerprint density at radius 3 is 2.18 bits per heavy atom. The number of carbonyl (C=O) groups excluding carboxylic acids is 3. The average Bonchev–Trinajstić information content (AvgIpc) is 3.58. The van der Waals surface area contributed by atoms with E-state index in [-0.39, 0.29) is 24.3 Å². The quantitative estimate of drug-likeness (QED) is 0.490. The van der Waals surface area contributed by atoms with Gasteiger partial charge in [-0.1, -0.05) is 50.1 Å². The van der Waals surface area contributed by atoms with Gasteiger partial charge in [0.2, 0.25) is 5.91 Å². The topological polar surface area (TPSA) is 64.2 Å². The Morgan fingerprint density at radius 2 is 1.53 bits per heavy atom. The lowest BCUT2D eigenvalue weighted by molar-refractivity contribution is -0.140. The van der Waals surface area contributed by atoms with Gasteiger partial charge in [0.25, 0.3) is 11.8 Å². The molecule has 0 bridgehead atoms. The van der Waals surface area contributed by atoms with Crippen LogP contribution in [-0.2, 0) is 16.0 Å². The molecular formula is C31H40N4O3. The van der Waals surface area contributed by atoms with Gasteiger partial charge in [0.15, 0.2) is 0 Å². The van der Waals surface area contributed by atoms with Crippen LogP contribution in [0, 0.1) is 0 Å². The molecule has 0 atom stereocenters. The number of anilines is 1. The van der Waals surface area contributed by atoms with E-state index in [4.69, 9.17) is 0 Å². The van der Waals surface area contributed by atoms with Crippen molar-refractivity contribution in [1.29, 1.82) is 0 Å².